The summed E-state index contributed by atoms with van der Waals surface area (Å²) in [5.41, 5.74) is 0.738. The Morgan fingerprint density at radius 3 is 2.46 bits per heavy atom. The number of alkyl carbamates (subject to hydrolysis) is 1. The number of hydrogen-bond donors (Lipinski definition) is 1. The van der Waals surface area contributed by atoms with Crippen LogP contribution in [0.5, 0.6) is 5.75 Å². The first-order valence-electron chi connectivity index (χ1n) is 9.46. The predicted molar refractivity (Wildman–Crippen MR) is 105 cm³/mol. The first-order valence-corrected chi connectivity index (χ1v) is 9.46. The van der Waals surface area contributed by atoms with Crippen molar-refractivity contribution in [2.45, 2.75) is 39.2 Å². The monoisotopic (exact) mass is 363 g/mol. The summed E-state index contributed by atoms with van der Waals surface area (Å²) in [6.07, 6.45) is 1.71. The second kappa shape index (κ2) is 9.67. The second-order valence-electron chi connectivity index (χ2n) is 7.64. The third-order valence-electron chi connectivity index (χ3n) is 4.37. The molecule has 1 fully saturated rings. The van der Waals surface area contributed by atoms with Gasteiger partial charge in [-0.05, 0) is 52.3 Å². The van der Waals surface area contributed by atoms with E-state index in [-0.39, 0.29) is 6.09 Å². The Kier molecular flexibility index (Phi) is 7.57. The van der Waals surface area contributed by atoms with Gasteiger partial charge in [-0.3, -0.25) is 4.90 Å². The molecule has 0 radical (unpaired) electrons. The number of amides is 1. The molecule has 1 aromatic rings. The average molecular weight is 364 g/mol. The summed E-state index contributed by atoms with van der Waals surface area (Å²) >= 11 is 0. The van der Waals surface area contributed by atoms with Crippen molar-refractivity contribution in [3.63, 3.8) is 0 Å². The zero-order valence-electron chi connectivity index (χ0n) is 16.6. The number of benzene rings is 1. The van der Waals surface area contributed by atoms with Crippen molar-refractivity contribution < 1.29 is 14.3 Å². The lowest BCUT2D eigenvalue weighted by Crippen LogP contribution is -2.46. The van der Waals surface area contributed by atoms with E-state index in [1.54, 1.807) is 7.11 Å². The summed E-state index contributed by atoms with van der Waals surface area (Å²) in [4.78, 5) is 16.5. The zero-order chi connectivity index (χ0) is 19.0. The molecule has 1 aliphatic heterocycles. The first kappa shape index (κ1) is 20.4. The highest BCUT2D eigenvalue weighted by Crippen LogP contribution is 2.28. The molecule has 6 nitrogen and oxygen atoms in total. The van der Waals surface area contributed by atoms with Gasteiger partial charge in [0.25, 0.3) is 0 Å². The van der Waals surface area contributed by atoms with Crippen molar-refractivity contribution in [2.24, 2.45) is 0 Å². The van der Waals surface area contributed by atoms with E-state index in [0.717, 1.165) is 51.3 Å². The largest absolute Gasteiger partial charge is 0.495 e. The molecule has 0 atom stereocenters. The molecule has 1 heterocycles. The quantitative estimate of drug-likeness (QED) is 0.755. The summed E-state index contributed by atoms with van der Waals surface area (Å²) in [5, 5.41) is 2.82. The van der Waals surface area contributed by atoms with Crippen molar-refractivity contribution in [1.29, 1.82) is 0 Å². The number of nitrogens with zero attached hydrogens (tertiary/aromatic N) is 2. The van der Waals surface area contributed by atoms with Crippen molar-refractivity contribution in [2.75, 3.05) is 51.3 Å². The van der Waals surface area contributed by atoms with Crippen LogP contribution in [0.2, 0.25) is 0 Å². The number of carbonyl (C=O) groups is 1. The van der Waals surface area contributed by atoms with E-state index >= 15 is 0 Å². The lowest BCUT2D eigenvalue weighted by atomic mass is 10.2. The van der Waals surface area contributed by atoms with E-state index in [2.05, 4.69) is 27.2 Å². The summed E-state index contributed by atoms with van der Waals surface area (Å²) in [5.74, 6) is 0.939. The molecule has 26 heavy (non-hydrogen) atoms. The number of methoxy groups -OCH3 is 1. The van der Waals surface area contributed by atoms with Crippen molar-refractivity contribution in [1.82, 2.24) is 10.2 Å². The van der Waals surface area contributed by atoms with Crippen LogP contribution in [0.25, 0.3) is 0 Å². The van der Waals surface area contributed by atoms with E-state index in [4.69, 9.17) is 9.47 Å². The highest BCUT2D eigenvalue weighted by Gasteiger charge is 2.19. The smallest absolute Gasteiger partial charge is 0.407 e. The molecule has 0 aliphatic carbocycles. The Balaban J connectivity index is 1.61. The second-order valence-corrected chi connectivity index (χ2v) is 7.64. The van der Waals surface area contributed by atoms with Crippen LogP contribution < -0.4 is 15.0 Å². The lowest BCUT2D eigenvalue weighted by Gasteiger charge is -2.36. The highest BCUT2D eigenvalue weighted by molar-refractivity contribution is 5.67. The van der Waals surface area contributed by atoms with E-state index < -0.39 is 5.60 Å². The lowest BCUT2D eigenvalue weighted by molar-refractivity contribution is 0.0526. The van der Waals surface area contributed by atoms with Crippen LogP contribution in [0.4, 0.5) is 10.5 Å². The molecule has 146 valence electrons. The Hall–Kier alpha value is -1.95. The minimum Gasteiger partial charge on any atom is -0.495 e. The van der Waals surface area contributed by atoms with Crippen LogP contribution in [0.3, 0.4) is 0 Å². The SMILES string of the molecule is COc1ccccc1N1CCN(CCCCNC(=O)OC(C)(C)C)CC1. The van der Waals surface area contributed by atoms with Crippen molar-refractivity contribution in [3.05, 3.63) is 24.3 Å². The Labute approximate surface area is 157 Å². The Bertz CT molecular complexity index is 564. The van der Waals surface area contributed by atoms with Crippen LogP contribution in [0.1, 0.15) is 33.6 Å². The number of carbonyl (C=O) groups excluding carboxylic acids is 1. The van der Waals surface area contributed by atoms with Gasteiger partial charge in [0.15, 0.2) is 0 Å². The van der Waals surface area contributed by atoms with Gasteiger partial charge in [0.05, 0.1) is 12.8 Å². The Morgan fingerprint density at radius 2 is 1.81 bits per heavy atom. The van der Waals surface area contributed by atoms with Crippen LogP contribution >= 0.6 is 0 Å². The number of nitrogens with one attached hydrogen (secondary N) is 1. The zero-order valence-corrected chi connectivity index (χ0v) is 16.6. The molecule has 0 aromatic heterocycles. The number of hydrogen-bond acceptors (Lipinski definition) is 5. The molecule has 1 aliphatic rings. The first-order chi connectivity index (χ1) is 12.4. The summed E-state index contributed by atoms with van der Waals surface area (Å²) in [6, 6.07) is 8.20. The van der Waals surface area contributed by atoms with Crippen LogP contribution in [0.15, 0.2) is 24.3 Å². The third kappa shape index (κ3) is 6.75. The van der Waals surface area contributed by atoms with E-state index in [9.17, 15) is 4.79 Å². The van der Waals surface area contributed by atoms with Gasteiger partial charge in [-0.1, -0.05) is 12.1 Å². The fourth-order valence-corrected chi connectivity index (χ4v) is 3.07. The van der Waals surface area contributed by atoms with Crippen molar-refractivity contribution in [3.8, 4) is 5.75 Å². The number of ether oxygens (including phenoxy) is 2. The number of para-hydroxylation sites is 2. The van der Waals surface area contributed by atoms with Crippen molar-refractivity contribution >= 4 is 11.8 Å². The molecule has 0 spiro atoms. The van der Waals surface area contributed by atoms with Crippen LogP contribution in [0, 0.1) is 0 Å². The normalized spacial score (nSPS) is 15.6. The maximum atomic E-state index is 11.6. The van der Waals surface area contributed by atoms with Gasteiger partial charge in [0.1, 0.15) is 11.4 Å². The fraction of sp³-hybridized carbons (Fsp3) is 0.650. The molecule has 1 amide bonds. The molecule has 2 rings (SSSR count). The minimum atomic E-state index is -0.439. The van der Waals surface area contributed by atoms with Gasteiger partial charge in [0, 0.05) is 32.7 Å². The van der Waals surface area contributed by atoms with Gasteiger partial charge >= 0.3 is 6.09 Å². The Morgan fingerprint density at radius 1 is 1.12 bits per heavy atom. The third-order valence-corrected chi connectivity index (χ3v) is 4.37. The number of anilines is 1. The number of rotatable bonds is 7. The topological polar surface area (TPSA) is 54.0 Å². The molecule has 1 aromatic carbocycles. The van der Waals surface area contributed by atoms with Gasteiger partial charge in [-0.2, -0.15) is 0 Å². The molecule has 1 saturated heterocycles. The van der Waals surface area contributed by atoms with Gasteiger partial charge in [0.2, 0.25) is 0 Å². The van der Waals surface area contributed by atoms with E-state index in [0.29, 0.717) is 6.54 Å². The van der Waals surface area contributed by atoms with Gasteiger partial charge in [-0.15, -0.1) is 0 Å². The van der Waals surface area contributed by atoms with E-state index in [1.807, 2.05) is 32.9 Å². The van der Waals surface area contributed by atoms with Gasteiger partial charge < -0.3 is 19.7 Å². The fourth-order valence-electron chi connectivity index (χ4n) is 3.07. The molecule has 0 saturated carbocycles. The number of piperazine rings is 1. The van der Waals surface area contributed by atoms with Crippen LogP contribution in [-0.4, -0.2) is 63.0 Å². The van der Waals surface area contributed by atoms with Gasteiger partial charge in [-0.25, -0.2) is 4.79 Å². The molecule has 0 unspecified atom stereocenters. The molecule has 6 heteroatoms. The summed E-state index contributed by atoms with van der Waals surface area (Å²) in [6.45, 7) is 11.5. The molecule has 1 N–H and O–H groups in total. The maximum Gasteiger partial charge on any atom is 0.407 e. The standard InChI is InChI=1S/C20H33N3O3/c1-20(2,3)26-19(24)21-11-7-8-12-22-13-15-23(16-14-22)17-9-5-6-10-18(17)25-4/h5-6,9-10H,7-8,11-16H2,1-4H3,(H,21,24). The predicted octanol–water partition coefficient (Wildman–Crippen LogP) is 3.12. The highest BCUT2D eigenvalue weighted by atomic mass is 16.6. The van der Waals surface area contributed by atoms with E-state index in [1.165, 1.54) is 5.69 Å². The molecule has 0 bridgehead atoms. The van der Waals surface area contributed by atoms with Crippen LogP contribution in [-0.2, 0) is 4.74 Å². The maximum absolute atomic E-state index is 11.6. The minimum absolute atomic E-state index is 0.331. The molecular formula is C20H33N3O3. The average Bonchev–Trinajstić information content (AvgIpc) is 2.60. The summed E-state index contributed by atoms with van der Waals surface area (Å²) in [7, 11) is 1.72. The number of unbranched alkanes of at least 4 members (excludes halogenated alkanes) is 1. The summed E-state index contributed by atoms with van der Waals surface area (Å²) < 4.78 is 10.7. The molecular weight excluding hydrogens is 330 g/mol.